The molecule has 0 fully saturated rings. The Morgan fingerprint density at radius 3 is 2.54 bits per heavy atom. The van der Waals surface area contributed by atoms with Gasteiger partial charge in [0.15, 0.2) is 11.5 Å². The Hall–Kier alpha value is -4.01. The first-order valence-corrected chi connectivity index (χ1v) is 13.0. The number of carbonyl (C=O) groups is 1. The Bertz CT molecular complexity index is 1580. The Morgan fingerprint density at radius 2 is 1.82 bits per heavy atom. The molecule has 39 heavy (non-hydrogen) atoms. The maximum Gasteiger partial charge on any atom is 0.255 e. The van der Waals surface area contributed by atoms with E-state index in [-0.39, 0.29) is 12.5 Å². The highest BCUT2D eigenvalue weighted by atomic mass is 35.5. The molecule has 1 amide bonds. The number of halogens is 2. The largest absolute Gasteiger partial charge is 0.493 e. The summed E-state index contributed by atoms with van der Waals surface area (Å²) in [5.74, 6) is 1.29. The molecule has 0 spiro atoms. The topological polar surface area (TPSA) is 90.3 Å². The molecular formula is C29H27Cl2N5O3. The summed E-state index contributed by atoms with van der Waals surface area (Å²) >= 11 is 12.6. The number of anilines is 2. The molecule has 8 nitrogen and oxygen atoms in total. The maximum absolute atomic E-state index is 13.7. The molecule has 2 N–H and O–H groups in total. The van der Waals surface area contributed by atoms with Gasteiger partial charge in [-0.1, -0.05) is 53.0 Å². The van der Waals surface area contributed by atoms with Crippen LogP contribution in [0.25, 0.3) is 0 Å². The number of allylic oxidation sites excluding steroid dienone is 1. The highest BCUT2D eigenvalue weighted by Crippen LogP contribution is 2.39. The zero-order chi connectivity index (χ0) is 27.7. The van der Waals surface area contributed by atoms with Crippen LogP contribution in [0.2, 0.25) is 10.0 Å². The van der Waals surface area contributed by atoms with Crippen LogP contribution in [0.15, 0.2) is 72.2 Å². The van der Waals surface area contributed by atoms with Crippen molar-refractivity contribution < 1.29 is 14.3 Å². The van der Waals surface area contributed by atoms with Crippen molar-refractivity contribution in [3.63, 3.8) is 0 Å². The molecule has 0 saturated carbocycles. The van der Waals surface area contributed by atoms with Gasteiger partial charge in [-0.15, -0.1) is 0 Å². The van der Waals surface area contributed by atoms with Gasteiger partial charge in [0.2, 0.25) is 5.95 Å². The second kappa shape index (κ2) is 11.0. The van der Waals surface area contributed by atoms with E-state index in [9.17, 15) is 4.79 Å². The second-order valence-corrected chi connectivity index (χ2v) is 10.1. The van der Waals surface area contributed by atoms with Gasteiger partial charge in [-0.05, 0) is 62.2 Å². The number of hydrogen-bond acceptors (Lipinski definition) is 6. The van der Waals surface area contributed by atoms with Crippen molar-refractivity contribution in [3.05, 3.63) is 104 Å². The minimum absolute atomic E-state index is 0.164. The number of hydrogen-bond donors (Lipinski definition) is 2. The summed E-state index contributed by atoms with van der Waals surface area (Å²) in [5.41, 5.74) is 5.48. The van der Waals surface area contributed by atoms with E-state index < -0.39 is 6.04 Å². The van der Waals surface area contributed by atoms with Gasteiger partial charge in [0.1, 0.15) is 19.0 Å². The van der Waals surface area contributed by atoms with Crippen molar-refractivity contribution in [3.8, 4) is 11.5 Å². The van der Waals surface area contributed by atoms with Gasteiger partial charge >= 0.3 is 0 Å². The number of amides is 1. The molecule has 2 heterocycles. The molecule has 3 aromatic carbocycles. The Morgan fingerprint density at radius 1 is 1.05 bits per heavy atom. The first kappa shape index (κ1) is 26.6. The number of aryl methyl sites for hydroxylation is 2. The van der Waals surface area contributed by atoms with Crippen LogP contribution in [0, 0.1) is 13.8 Å². The molecule has 10 heteroatoms. The average molecular weight is 564 g/mol. The third-order valence-corrected chi connectivity index (χ3v) is 7.31. The predicted molar refractivity (Wildman–Crippen MR) is 153 cm³/mol. The minimum atomic E-state index is -0.560. The van der Waals surface area contributed by atoms with Crippen LogP contribution in [0.5, 0.6) is 11.5 Å². The summed E-state index contributed by atoms with van der Waals surface area (Å²) in [6.07, 6.45) is 1.45. The number of rotatable bonds is 7. The SMILES string of the molecule is COc1cc([C@H]2C(C(=O)Nc3ccc(C)cc3C)=C(C)Nc3ncnn32)ccc1OCc1c(Cl)cccc1Cl. The van der Waals surface area contributed by atoms with Crippen LogP contribution in [-0.2, 0) is 11.4 Å². The molecule has 0 saturated heterocycles. The molecule has 4 aromatic rings. The second-order valence-electron chi connectivity index (χ2n) is 9.27. The number of ether oxygens (including phenoxy) is 2. The van der Waals surface area contributed by atoms with Crippen LogP contribution < -0.4 is 20.1 Å². The van der Waals surface area contributed by atoms with Crippen molar-refractivity contribution >= 4 is 40.7 Å². The summed E-state index contributed by atoms with van der Waals surface area (Å²) in [4.78, 5) is 18.0. The van der Waals surface area contributed by atoms with Crippen LogP contribution in [0.1, 0.15) is 35.2 Å². The Balaban J connectivity index is 1.49. The van der Waals surface area contributed by atoms with E-state index in [0.717, 1.165) is 22.4 Å². The van der Waals surface area contributed by atoms with Crippen LogP contribution in [0.4, 0.5) is 11.6 Å². The van der Waals surface area contributed by atoms with E-state index in [1.165, 1.54) is 6.33 Å². The van der Waals surface area contributed by atoms with Crippen LogP contribution >= 0.6 is 23.2 Å². The Kier molecular flexibility index (Phi) is 7.50. The lowest BCUT2D eigenvalue weighted by atomic mass is 9.94. The van der Waals surface area contributed by atoms with Crippen molar-refractivity contribution in [1.82, 2.24) is 14.8 Å². The summed E-state index contributed by atoms with van der Waals surface area (Å²) in [7, 11) is 1.56. The molecule has 200 valence electrons. The molecule has 0 aliphatic carbocycles. The standard InChI is InChI=1S/C29H27Cl2N5O3/c1-16-8-10-23(17(2)12-16)35-28(37)26-18(3)34-29-32-15-33-36(29)27(26)19-9-11-24(25(13-19)38-4)39-14-20-21(30)6-5-7-22(20)31/h5-13,15,27H,14H2,1-4H3,(H,35,37)(H,32,33,34)/t27-/m0/s1. The number of aromatic nitrogens is 3. The van der Waals surface area contributed by atoms with E-state index in [1.807, 2.05) is 51.1 Å². The fourth-order valence-corrected chi connectivity index (χ4v) is 5.14. The zero-order valence-corrected chi connectivity index (χ0v) is 23.4. The van der Waals surface area contributed by atoms with E-state index in [2.05, 4.69) is 20.7 Å². The molecule has 0 bridgehead atoms. The number of nitrogens with one attached hydrogen (secondary N) is 2. The van der Waals surface area contributed by atoms with Gasteiger partial charge in [-0.3, -0.25) is 4.79 Å². The fourth-order valence-electron chi connectivity index (χ4n) is 4.63. The monoisotopic (exact) mass is 563 g/mol. The average Bonchev–Trinajstić information content (AvgIpc) is 3.37. The minimum Gasteiger partial charge on any atom is -0.493 e. The molecular weight excluding hydrogens is 537 g/mol. The van der Waals surface area contributed by atoms with E-state index >= 15 is 0 Å². The van der Waals surface area contributed by atoms with Crippen molar-refractivity contribution in [1.29, 1.82) is 0 Å². The van der Waals surface area contributed by atoms with E-state index in [1.54, 1.807) is 36.1 Å². The van der Waals surface area contributed by atoms with Gasteiger partial charge in [0.05, 0.1) is 12.7 Å². The van der Waals surface area contributed by atoms with Crippen LogP contribution in [0.3, 0.4) is 0 Å². The predicted octanol–water partition coefficient (Wildman–Crippen LogP) is 6.72. The normalized spacial score (nSPS) is 14.5. The van der Waals surface area contributed by atoms with E-state index in [0.29, 0.717) is 44.3 Å². The molecule has 1 atom stereocenters. The maximum atomic E-state index is 13.7. The van der Waals surface area contributed by atoms with Gasteiger partial charge in [0.25, 0.3) is 5.91 Å². The van der Waals surface area contributed by atoms with Crippen LogP contribution in [-0.4, -0.2) is 27.8 Å². The lowest BCUT2D eigenvalue weighted by Crippen LogP contribution is -2.31. The highest BCUT2D eigenvalue weighted by molar-refractivity contribution is 6.35. The van der Waals surface area contributed by atoms with Gasteiger partial charge in [-0.2, -0.15) is 10.1 Å². The van der Waals surface area contributed by atoms with Gasteiger partial charge in [0, 0.05) is 27.0 Å². The summed E-state index contributed by atoms with van der Waals surface area (Å²) in [6, 6.07) is 16.2. The molecule has 0 radical (unpaired) electrons. The number of benzene rings is 3. The van der Waals surface area contributed by atoms with Gasteiger partial charge in [-0.25, -0.2) is 4.68 Å². The fraction of sp³-hybridized carbons (Fsp3) is 0.207. The summed E-state index contributed by atoms with van der Waals surface area (Å²) < 4.78 is 13.4. The first-order valence-electron chi connectivity index (χ1n) is 12.3. The third kappa shape index (κ3) is 5.30. The highest BCUT2D eigenvalue weighted by Gasteiger charge is 2.34. The van der Waals surface area contributed by atoms with E-state index in [4.69, 9.17) is 32.7 Å². The lowest BCUT2D eigenvalue weighted by molar-refractivity contribution is -0.113. The number of carbonyl (C=O) groups excluding carboxylic acids is 1. The Labute approximate surface area is 236 Å². The van der Waals surface area contributed by atoms with Gasteiger partial charge < -0.3 is 20.1 Å². The first-order chi connectivity index (χ1) is 18.8. The molecule has 1 aliphatic rings. The van der Waals surface area contributed by atoms with Crippen molar-refractivity contribution in [2.24, 2.45) is 0 Å². The quantitative estimate of drug-likeness (QED) is 0.259. The number of nitrogens with zero attached hydrogens (tertiary/aromatic N) is 3. The lowest BCUT2D eigenvalue weighted by Gasteiger charge is -2.29. The third-order valence-electron chi connectivity index (χ3n) is 6.61. The molecule has 5 rings (SSSR count). The molecule has 1 aromatic heterocycles. The number of methoxy groups -OCH3 is 1. The number of fused-ring (bicyclic) bond motifs is 1. The molecule has 0 unspecified atom stereocenters. The molecule has 1 aliphatic heterocycles. The van der Waals surface area contributed by atoms with Crippen molar-refractivity contribution in [2.75, 3.05) is 17.7 Å². The zero-order valence-electron chi connectivity index (χ0n) is 21.9. The summed E-state index contributed by atoms with van der Waals surface area (Å²) in [5, 5.41) is 11.7. The smallest absolute Gasteiger partial charge is 0.255 e. The summed E-state index contributed by atoms with van der Waals surface area (Å²) in [6.45, 7) is 6.00. The van der Waals surface area contributed by atoms with Crippen molar-refractivity contribution in [2.45, 2.75) is 33.4 Å².